The Bertz CT molecular complexity index is 925. The van der Waals surface area contributed by atoms with Gasteiger partial charge in [0.1, 0.15) is 11.6 Å². The molecule has 8 nitrogen and oxygen atoms in total. The molecule has 1 amide bonds. The van der Waals surface area contributed by atoms with Crippen molar-refractivity contribution in [1.29, 1.82) is 0 Å². The van der Waals surface area contributed by atoms with E-state index in [1.54, 1.807) is 16.8 Å². The predicted molar refractivity (Wildman–Crippen MR) is 96.1 cm³/mol. The molecule has 0 aliphatic carbocycles. The summed E-state index contributed by atoms with van der Waals surface area (Å²) in [6.07, 6.45) is 5.95. The highest BCUT2D eigenvalue weighted by Gasteiger charge is 2.28. The molecule has 4 heterocycles. The van der Waals surface area contributed by atoms with Gasteiger partial charge >= 0.3 is 0 Å². The number of ether oxygens (including phenoxy) is 1. The van der Waals surface area contributed by atoms with E-state index in [1.807, 2.05) is 37.4 Å². The molecule has 0 radical (unpaired) electrons. The van der Waals surface area contributed by atoms with Gasteiger partial charge in [0, 0.05) is 19.0 Å². The average Bonchev–Trinajstić information content (AvgIpc) is 3.08. The van der Waals surface area contributed by atoms with E-state index in [9.17, 15) is 4.79 Å². The van der Waals surface area contributed by atoms with Crippen molar-refractivity contribution < 1.29 is 9.53 Å². The van der Waals surface area contributed by atoms with Crippen molar-refractivity contribution >= 4 is 17.2 Å². The summed E-state index contributed by atoms with van der Waals surface area (Å²) in [6, 6.07) is 7.36. The zero-order chi connectivity index (χ0) is 17.9. The second kappa shape index (κ2) is 7.09. The first-order valence-electron chi connectivity index (χ1n) is 8.57. The minimum atomic E-state index is -0.200. The third-order valence-corrected chi connectivity index (χ3v) is 4.42. The molecule has 134 valence electrons. The van der Waals surface area contributed by atoms with Crippen LogP contribution in [0, 0.1) is 6.92 Å². The van der Waals surface area contributed by atoms with Crippen LogP contribution in [0.3, 0.4) is 0 Å². The second-order valence-corrected chi connectivity index (χ2v) is 6.26. The van der Waals surface area contributed by atoms with Crippen molar-refractivity contribution in [2.75, 3.05) is 18.5 Å². The number of pyridine rings is 1. The number of hydrogen-bond acceptors (Lipinski definition) is 6. The van der Waals surface area contributed by atoms with Crippen LogP contribution >= 0.6 is 0 Å². The maximum atomic E-state index is 12.8. The van der Waals surface area contributed by atoms with E-state index < -0.39 is 0 Å². The van der Waals surface area contributed by atoms with Crippen molar-refractivity contribution in [2.45, 2.75) is 25.4 Å². The molecule has 26 heavy (non-hydrogen) atoms. The Morgan fingerprint density at radius 1 is 1.27 bits per heavy atom. The van der Waals surface area contributed by atoms with Crippen LogP contribution in [-0.4, -0.2) is 50.6 Å². The molecule has 0 saturated carbocycles. The Labute approximate surface area is 150 Å². The summed E-state index contributed by atoms with van der Waals surface area (Å²) >= 11 is 0. The number of nitrogens with one attached hydrogen (secondary N) is 2. The van der Waals surface area contributed by atoms with Gasteiger partial charge in [0.15, 0.2) is 0 Å². The molecule has 4 rings (SSSR count). The van der Waals surface area contributed by atoms with E-state index in [0.29, 0.717) is 24.9 Å². The molecule has 2 N–H and O–H groups in total. The first-order valence-corrected chi connectivity index (χ1v) is 8.57. The fraction of sp³-hybridized carbons (Fsp3) is 0.333. The number of carbonyl (C=O) groups is 1. The van der Waals surface area contributed by atoms with Crippen LogP contribution in [0.4, 0.5) is 5.82 Å². The van der Waals surface area contributed by atoms with Gasteiger partial charge in [-0.25, -0.2) is 15.0 Å². The number of carbonyl (C=O) groups excluding carboxylic acids is 1. The number of imidazole rings is 1. The predicted octanol–water partition coefficient (Wildman–Crippen LogP) is 1.43. The molecule has 1 fully saturated rings. The summed E-state index contributed by atoms with van der Waals surface area (Å²) in [5, 5.41) is 6.43. The lowest BCUT2D eigenvalue weighted by Gasteiger charge is -2.32. The van der Waals surface area contributed by atoms with Gasteiger partial charge in [-0.1, -0.05) is 6.07 Å². The summed E-state index contributed by atoms with van der Waals surface area (Å²) < 4.78 is 7.36. The summed E-state index contributed by atoms with van der Waals surface area (Å²) in [7, 11) is 0. The Morgan fingerprint density at radius 2 is 2.19 bits per heavy atom. The van der Waals surface area contributed by atoms with E-state index in [1.165, 1.54) is 0 Å². The highest BCUT2D eigenvalue weighted by Crippen LogP contribution is 2.15. The van der Waals surface area contributed by atoms with Crippen LogP contribution in [0.5, 0.6) is 0 Å². The lowest BCUT2D eigenvalue weighted by molar-refractivity contribution is 0.0616. The van der Waals surface area contributed by atoms with Crippen LogP contribution in [0.15, 0.2) is 42.9 Å². The Morgan fingerprint density at radius 3 is 3.08 bits per heavy atom. The number of anilines is 1. The first-order chi connectivity index (χ1) is 12.7. The van der Waals surface area contributed by atoms with Gasteiger partial charge in [0.25, 0.3) is 5.91 Å². The smallest absolute Gasteiger partial charge is 0.287 e. The molecular formula is C18H20N6O2. The van der Waals surface area contributed by atoms with Crippen LogP contribution in [0.1, 0.15) is 22.9 Å². The molecule has 1 aliphatic heterocycles. The maximum Gasteiger partial charge on any atom is 0.287 e. The number of nitrogens with zero attached hydrogens (tertiary/aromatic N) is 4. The number of rotatable bonds is 4. The van der Waals surface area contributed by atoms with Gasteiger partial charge in [0.2, 0.25) is 5.82 Å². The highest BCUT2D eigenvalue weighted by molar-refractivity contribution is 5.92. The molecule has 3 aromatic heterocycles. The molecule has 2 atom stereocenters. The molecule has 1 aliphatic rings. The molecule has 3 aromatic rings. The van der Waals surface area contributed by atoms with Crippen molar-refractivity contribution in [3.63, 3.8) is 0 Å². The minimum Gasteiger partial charge on any atom is -0.379 e. The van der Waals surface area contributed by atoms with Crippen LogP contribution in [0.25, 0.3) is 5.52 Å². The quantitative estimate of drug-likeness (QED) is 0.738. The molecular weight excluding hydrogens is 332 g/mol. The SMILES string of the molecule is Cc1nccc(N[C@@H]2COCC[C@@H]2NC(=O)c2ncc3ccccn23)n1. The van der Waals surface area contributed by atoms with E-state index in [2.05, 4.69) is 25.6 Å². The van der Waals surface area contributed by atoms with Crippen LogP contribution in [0.2, 0.25) is 0 Å². The molecule has 1 saturated heterocycles. The fourth-order valence-corrected chi connectivity index (χ4v) is 3.12. The molecule has 0 spiro atoms. The third-order valence-electron chi connectivity index (χ3n) is 4.42. The van der Waals surface area contributed by atoms with Crippen LogP contribution in [-0.2, 0) is 4.74 Å². The highest BCUT2D eigenvalue weighted by atomic mass is 16.5. The van der Waals surface area contributed by atoms with Crippen molar-refractivity contribution in [3.8, 4) is 0 Å². The lowest BCUT2D eigenvalue weighted by Crippen LogP contribution is -2.52. The van der Waals surface area contributed by atoms with Crippen molar-refractivity contribution in [2.24, 2.45) is 0 Å². The standard InChI is InChI=1S/C18H20N6O2/c1-12-19-7-5-16(21-12)22-15-11-26-9-6-14(15)23-18(25)17-20-10-13-4-2-3-8-24(13)17/h2-5,7-8,10,14-15H,6,9,11H2,1H3,(H,23,25)(H,19,21,22)/t14-,15+/m0/s1. The van der Waals surface area contributed by atoms with Crippen molar-refractivity contribution in [3.05, 3.63) is 54.5 Å². The zero-order valence-electron chi connectivity index (χ0n) is 14.4. The number of hydrogen-bond donors (Lipinski definition) is 2. The van der Waals surface area contributed by atoms with Gasteiger partial charge in [-0.05, 0) is 31.5 Å². The minimum absolute atomic E-state index is 0.0757. The molecule has 8 heteroatoms. The Kier molecular flexibility index (Phi) is 4.49. The number of amides is 1. The van der Waals surface area contributed by atoms with Crippen LogP contribution < -0.4 is 10.6 Å². The summed E-state index contributed by atoms with van der Waals surface area (Å²) in [4.78, 5) is 25.5. The molecule has 0 unspecified atom stereocenters. The maximum absolute atomic E-state index is 12.8. The molecule has 0 aromatic carbocycles. The van der Waals surface area contributed by atoms with Gasteiger partial charge in [-0.15, -0.1) is 0 Å². The Hall–Kier alpha value is -3.00. The van der Waals surface area contributed by atoms with Gasteiger partial charge in [-0.2, -0.15) is 0 Å². The van der Waals surface area contributed by atoms with E-state index in [0.717, 1.165) is 17.8 Å². The lowest BCUT2D eigenvalue weighted by atomic mass is 10.0. The number of aromatic nitrogens is 4. The van der Waals surface area contributed by atoms with E-state index in [-0.39, 0.29) is 18.0 Å². The summed E-state index contributed by atoms with van der Waals surface area (Å²) in [5.74, 6) is 1.59. The third kappa shape index (κ3) is 3.36. The Balaban J connectivity index is 1.50. The van der Waals surface area contributed by atoms with Crippen molar-refractivity contribution in [1.82, 2.24) is 24.7 Å². The normalized spacial score (nSPS) is 20.0. The summed E-state index contributed by atoms with van der Waals surface area (Å²) in [6.45, 7) is 2.94. The largest absolute Gasteiger partial charge is 0.379 e. The first kappa shape index (κ1) is 16.5. The van der Waals surface area contributed by atoms with Gasteiger partial charge in [-0.3, -0.25) is 9.20 Å². The van der Waals surface area contributed by atoms with E-state index in [4.69, 9.17) is 4.74 Å². The summed E-state index contributed by atoms with van der Waals surface area (Å²) in [5.41, 5.74) is 0.885. The topological polar surface area (TPSA) is 93.4 Å². The van der Waals surface area contributed by atoms with E-state index >= 15 is 0 Å². The van der Waals surface area contributed by atoms with Gasteiger partial charge in [0.05, 0.1) is 30.4 Å². The average molecular weight is 352 g/mol. The fourth-order valence-electron chi connectivity index (χ4n) is 3.12. The number of aryl methyl sites for hydroxylation is 1. The molecule has 0 bridgehead atoms. The second-order valence-electron chi connectivity index (χ2n) is 6.26. The monoisotopic (exact) mass is 352 g/mol. The zero-order valence-corrected chi connectivity index (χ0v) is 14.4. The number of fused-ring (bicyclic) bond motifs is 1. The van der Waals surface area contributed by atoms with Gasteiger partial charge < -0.3 is 15.4 Å².